The number of hydrogen-bond donors (Lipinski definition) is 1. The first kappa shape index (κ1) is 15.5. The molecule has 2 heterocycles. The Morgan fingerprint density at radius 1 is 1.36 bits per heavy atom. The summed E-state index contributed by atoms with van der Waals surface area (Å²) in [6, 6.07) is 0.672. The van der Waals surface area contributed by atoms with Gasteiger partial charge in [-0.25, -0.2) is 0 Å². The van der Waals surface area contributed by atoms with Crippen molar-refractivity contribution < 1.29 is 4.79 Å². The monoisotopic (exact) mass is 304 g/mol. The van der Waals surface area contributed by atoms with Crippen LogP contribution < -0.4 is 5.32 Å². The first-order valence-corrected chi connectivity index (χ1v) is 8.51. The summed E-state index contributed by atoms with van der Waals surface area (Å²) in [4.78, 5) is 14.6. The zero-order chi connectivity index (χ0) is 15.9. The average molecular weight is 304 g/mol. The molecule has 0 radical (unpaired) electrons. The molecule has 1 saturated carbocycles. The molecule has 2 fully saturated rings. The van der Waals surface area contributed by atoms with Gasteiger partial charge in [-0.1, -0.05) is 0 Å². The van der Waals surface area contributed by atoms with E-state index in [0.717, 1.165) is 25.1 Å². The van der Waals surface area contributed by atoms with Crippen molar-refractivity contribution in [3.05, 3.63) is 17.0 Å². The third kappa shape index (κ3) is 3.05. The second-order valence-electron chi connectivity index (χ2n) is 7.03. The molecule has 1 N–H and O–H groups in total. The minimum absolute atomic E-state index is 0.172. The topological polar surface area (TPSA) is 50.2 Å². The summed E-state index contributed by atoms with van der Waals surface area (Å²) in [7, 11) is 2.00. The van der Waals surface area contributed by atoms with Gasteiger partial charge in [-0.3, -0.25) is 14.4 Å². The molecule has 122 valence electrons. The summed E-state index contributed by atoms with van der Waals surface area (Å²) in [6.45, 7) is 7.85. The van der Waals surface area contributed by atoms with E-state index in [1.807, 2.05) is 11.7 Å². The van der Waals surface area contributed by atoms with E-state index in [-0.39, 0.29) is 5.91 Å². The number of carbonyl (C=O) groups is 1. The molecule has 5 nitrogen and oxygen atoms in total. The summed E-state index contributed by atoms with van der Waals surface area (Å²) < 4.78 is 1.95. The number of likely N-dealkylation sites (tertiary alicyclic amines) is 1. The molecule has 1 aliphatic carbocycles. The van der Waals surface area contributed by atoms with Gasteiger partial charge in [0.25, 0.3) is 0 Å². The Labute approximate surface area is 133 Å². The van der Waals surface area contributed by atoms with Gasteiger partial charge in [0.1, 0.15) is 0 Å². The third-order valence-electron chi connectivity index (χ3n) is 5.33. The Morgan fingerprint density at radius 2 is 2.09 bits per heavy atom. The van der Waals surface area contributed by atoms with E-state index in [4.69, 9.17) is 0 Å². The Kier molecular flexibility index (Phi) is 4.26. The highest BCUT2D eigenvalue weighted by Gasteiger charge is 2.33. The molecule has 0 spiro atoms. The van der Waals surface area contributed by atoms with Gasteiger partial charge in [0.15, 0.2) is 0 Å². The molecule has 0 bridgehead atoms. The molecule has 3 rings (SSSR count). The largest absolute Gasteiger partial charge is 0.352 e. The lowest BCUT2D eigenvalue weighted by Gasteiger charge is -2.25. The lowest BCUT2D eigenvalue weighted by molar-refractivity contribution is -0.123. The van der Waals surface area contributed by atoms with Gasteiger partial charge < -0.3 is 5.32 Å². The van der Waals surface area contributed by atoms with Crippen molar-refractivity contribution in [3.8, 4) is 0 Å². The van der Waals surface area contributed by atoms with Gasteiger partial charge in [0.2, 0.25) is 5.91 Å². The average Bonchev–Trinajstić information content (AvgIpc) is 3.16. The van der Waals surface area contributed by atoms with Crippen LogP contribution in [-0.2, 0) is 11.8 Å². The number of hydrogen-bond acceptors (Lipinski definition) is 3. The van der Waals surface area contributed by atoms with Crippen molar-refractivity contribution in [2.24, 2.45) is 13.0 Å². The highest BCUT2D eigenvalue weighted by atomic mass is 16.2. The number of rotatable bonds is 5. The number of carbonyl (C=O) groups excluding carboxylic acids is 1. The Bertz CT molecular complexity index is 561. The molecule has 1 saturated heterocycles. The van der Waals surface area contributed by atoms with Crippen molar-refractivity contribution in [1.29, 1.82) is 0 Å². The molecule has 5 heteroatoms. The van der Waals surface area contributed by atoms with Crippen LogP contribution in [0.5, 0.6) is 0 Å². The predicted molar refractivity (Wildman–Crippen MR) is 86.6 cm³/mol. The first-order chi connectivity index (χ1) is 10.5. The molecule has 1 aliphatic heterocycles. The fraction of sp³-hybridized carbons (Fsp3) is 0.765. The summed E-state index contributed by atoms with van der Waals surface area (Å²) in [5, 5.41) is 7.71. The molecule has 1 aromatic heterocycles. The highest BCUT2D eigenvalue weighted by Crippen LogP contribution is 2.35. The minimum Gasteiger partial charge on any atom is -0.352 e. The fourth-order valence-corrected chi connectivity index (χ4v) is 3.81. The van der Waals surface area contributed by atoms with E-state index in [1.165, 1.54) is 24.1 Å². The molecule has 1 amide bonds. The molecule has 1 aromatic rings. The Morgan fingerprint density at radius 3 is 2.68 bits per heavy atom. The van der Waals surface area contributed by atoms with E-state index in [2.05, 4.69) is 36.1 Å². The quantitative estimate of drug-likeness (QED) is 0.906. The number of nitrogens with zero attached hydrogens (tertiary/aromatic N) is 3. The number of aromatic nitrogens is 2. The van der Waals surface area contributed by atoms with Crippen molar-refractivity contribution in [3.63, 3.8) is 0 Å². The summed E-state index contributed by atoms with van der Waals surface area (Å²) in [6.07, 6.45) is 4.81. The fourth-order valence-electron chi connectivity index (χ4n) is 3.81. The van der Waals surface area contributed by atoms with Gasteiger partial charge in [0.05, 0.1) is 12.2 Å². The SMILES string of the molecule is Cc1nn(C)c(C)c1C1CCCN1CC(=O)NC(C)C1CC1. The van der Waals surface area contributed by atoms with Crippen LogP contribution in [0.3, 0.4) is 0 Å². The van der Waals surface area contributed by atoms with E-state index in [9.17, 15) is 4.79 Å². The molecular formula is C17H28N4O. The molecule has 2 aliphatic rings. The van der Waals surface area contributed by atoms with Crippen molar-refractivity contribution in [2.45, 2.75) is 58.5 Å². The number of aryl methyl sites for hydroxylation is 2. The number of amides is 1. The lowest BCUT2D eigenvalue weighted by Crippen LogP contribution is -2.41. The summed E-state index contributed by atoms with van der Waals surface area (Å²) >= 11 is 0. The number of nitrogens with one attached hydrogen (secondary N) is 1. The van der Waals surface area contributed by atoms with E-state index in [0.29, 0.717) is 24.5 Å². The zero-order valence-electron chi connectivity index (χ0n) is 14.2. The van der Waals surface area contributed by atoms with Gasteiger partial charge in [-0.2, -0.15) is 5.10 Å². The standard InChI is InChI=1S/C17H28N4O/c1-11(14-7-8-14)18-16(22)10-21-9-5-6-15(21)17-12(2)19-20(4)13(17)3/h11,14-15H,5-10H2,1-4H3,(H,18,22). The van der Waals surface area contributed by atoms with Gasteiger partial charge in [-0.05, 0) is 58.9 Å². The molecule has 0 aromatic carbocycles. The lowest BCUT2D eigenvalue weighted by atomic mass is 10.0. The highest BCUT2D eigenvalue weighted by molar-refractivity contribution is 5.78. The smallest absolute Gasteiger partial charge is 0.234 e. The van der Waals surface area contributed by atoms with Crippen LogP contribution in [0.2, 0.25) is 0 Å². The minimum atomic E-state index is 0.172. The van der Waals surface area contributed by atoms with Crippen LogP contribution in [0.4, 0.5) is 0 Å². The van der Waals surface area contributed by atoms with Gasteiger partial charge in [0, 0.05) is 30.4 Å². The van der Waals surface area contributed by atoms with Crippen LogP contribution in [0, 0.1) is 19.8 Å². The van der Waals surface area contributed by atoms with Crippen molar-refractivity contribution >= 4 is 5.91 Å². The third-order valence-corrected chi connectivity index (χ3v) is 5.33. The molecule has 22 heavy (non-hydrogen) atoms. The predicted octanol–water partition coefficient (Wildman–Crippen LogP) is 2.09. The second-order valence-corrected chi connectivity index (χ2v) is 7.03. The van der Waals surface area contributed by atoms with Crippen molar-refractivity contribution in [1.82, 2.24) is 20.0 Å². The molecule has 2 atom stereocenters. The summed E-state index contributed by atoms with van der Waals surface area (Å²) in [5.74, 6) is 0.881. The molecular weight excluding hydrogens is 276 g/mol. The maximum atomic E-state index is 12.3. The summed E-state index contributed by atoms with van der Waals surface area (Å²) in [5.41, 5.74) is 3.65. The van der Waals surface area contributed by atoms with E-state index >= 15 is 0 Å². The zero-order valence-corrected chi connectivity index (χ0v) is 14.2. The van der Waals surface area contributed by atoms with Crippen LogP contribution in [-0.4, -0.2) is 39.7 Å². The maximum absolute atomic E-state index is 12.3. The van der Waals surface area contributed by atoms with Crippen LogP contribution >= 0.6 is 0 Å². The Balaban J connectivity index is 1.66. The Hall–Kier alpha value is -1.36. The molecule has 2 unspecified atom stereocenters. The maximum Gasteiger partial charge on any atom is 0.234 e. The van der Waals surface area contributed by atoms with Crippen molar-refractivity contribution in [2.75, 3.05) is 13.1 Å². The van der Waals surface area contributed by atoms with Crippen LogP contribution in [0.25, 0.3) is 0 Å². The van der Waals surface area contributed by atoms with Crippen LogP contribution in [0.1, 0.15) is 55.6 Å². The van der Waals surface area contributed by atoms with Crippen LogP contribution in [0.15, 0.2) is 0 Å². The van der Waals surface area contributed by atoms with E-state index in [1.54, 1.807) is 0 Å². The normalized spacial score (nSPS) is 23.7. The second kappa shape index (κ2) is 6.03. The van der Waals surface area contributed by atoms with Gasteiger partial charge >= 0.3 is 0 Å². The first-order valence-electron chi connectivity index (χ1n) is 8.51. The van der Waals surface area contributed by atoms with E-state index < -0.39 is 0 Å². The van der Waals surface area contributed by atoms with Gasteiger partial charge in [-0.15, -0.1) is 0 Å².